The maximum Gasteiger partial charge on any atom is 0.305 e. The van der Waals surface area contributed by atoms with Gasteiger partial charge in [0, 0.05) is 47.5 Å². The minimum absolute atomic E-state index is 0.269. The van der Waals surface area contributed by atoms with Gasteiger partial charge in [-0.05, 0) is 19.0 Å². The first-order valence-electron chi connectivity index (χ1n) is 6.86. The fraction of sp³-hybridized carbons (Fsp3) is 1.00. The first-order valence-corrected chi connectivity index (χ1v) is 7.97. The van der Waals surface area contributed by atoms with E-state index < -0.39 is 5.97 Å². The summed E-state index contributed by atoms with van der Waals surface area (Å²) in [5.41, 5.74) is 5.38. The third-order valence-electron chi connectivity index (χ3n) is 2.72. The van der Waals surface area contributed by atoms with E-state index in [1.807, 2.05) is 0 Å². The maximum absolute atomic E-state index is 5.53. The van der Waals surface area contributed by atoms with Crippen LogP contribution in [0.1, 0.15) is 6.42 Å². The zero-order valence-electron chi connectivity index (χ0n) is 12.9. The zero-order chi connectivity index (χ0) is 15.1. The molecule has 0 spiro atoms. The number of nitrogens with two attached hydrogens (primary N) is 1. The van der Waals surface area contributed by atoms with E-state index in [-0.39, 0.29) is 6.61 Å². The standard InChI is InChI=1S/C12H29N3O4Si/c1-16-12(17-2,18-3)11-19-20-10-4-6-14-8-9-15-7-5-13/h14-15H,4-11,13H2,1-3H3. The summed E-state index contributed by atoms with van der Waals surface area (Å²) in [6.45, 7) is 4.73. The van der Waals surface area contributed by atoms with E-state index in [9.17, 15) is 0 Å². The van der Waals surface area contributed by atoms with Crippen molar-refractivity contribution in [2.45, 2.75) is 18.4 Å². The van der Waals surface area contributed by atoms with Crippen molar-refractivity contribution in [2.24, 2.45) is 5.73 Å². The van der Waals surface area contributed by atoms with Crippen LogP contribution in [0, 0.1) is 0 Å². The highest BCUT2D eigenvalue weighted by Gasteiger charge is 2.29. The van der Waals surface area contributed by atoms with Crippen molar-refractivity contribution in [3.8, 4) is 0 Å². The molecule has 0 rings (SSSR count). The second kappa shape index (κ2) is 13.9. The van der Waals surface area contributed by atoms with E-state index in [4.69, 9.17) is 24.4 Å². The Kier molecular flexibility index (Phi) is 13.9. The van der Waals surface area contributed by atoms with Gasteiger partial charge in [-0.15, -0.1) is 0 Å². The highest BCUT2D eigenvalue weighted by Crippen LogP contribution is 2.12. The van der Waals surface area contributed by atoms with Gasteiger partial charge in [-0.3, -0.25) is 0 Å². The third-order valence-corrected chi connectivity index (χ3v) is 3.62. The number of hydrogen-bond donors (Lipinski definition) is 3. The van der Waals surface area contributed by atoms with Gasteiger partial charge >= 0.3 is 5.97 Å². The van der Waals surface area contributed by atoms with E-state index in [2.05, 4.69) is 10.6 Å². The van der Waals surface area contributed by atoms with Crippen LogP contribution < -0.4 is 16.4 Å². The van der Waals surface area contributed by atoms with E-state index in [0.717, 1.165) is 38.6 Å². The topological polar surface area (TPSA) is 87.0 Å². The van der Waals surface area contributed by atoms with Gasteiger partial charge < -0.3 is 35.0 Å². The molecule has 0 saturated carbocycles. The van der Waals surface area contributed by atoms with Crippen LogP contribution in [0.4, 0.5) is 0 Å². The van der Waals surface area contributed by atoms with Crippen LogP contribution in [0.5, 0.6) is 0 Å². The molecule has 0 aliphatic heterocycles. The van der Waals surface area contributed by atoms with E-state index >= 15 is 0 Å². The summed E-state index contributed by atoms with van der Waals surface area (Å²) in [6, 6.07) is 1.01. The van der Waals surface area contributed by atoms with E-state index in [1.165, 1.54) is 21.3 Å². The third kappa shape index (κ3) is 9.78. The van der Waals surface area contributed by atoms with Gasteiger partial charge in [0.2, 0.25) is 9.76 Å². The molecule has 0 fully saturated rings. The molecule has 0 bridgehead atoms. The lowest BCUT2D eigenvalue weighted by Crippen LogP contribution is -2.41. The molecule has 7 nitrogen and oxygen atoms in total. The Bertz CT molecular complexity index is 201. The monoisotopic (exact) mass is 307 g/mol. The van der Waals surface area contributed by atoms with Gasteiger partial charge in [0.15, 0.2) is 0 Å². The summed E-state index contributed by atoms with van der Waals surface area (Å²) >= 11 is 0. The lowest BCUT2D eigenvalue weighted by molar-refractivity contribution is -0.361. The van der Waals surface area contributed by atoms with Crippen LogP contribution in [0.2, 0.25) is 6.04 Å². The van der Waals surface area contributed by atoms with Gasteiger partial charge in [-0.1, -0.05) is 0 Å². The van der Waals surface area contributed by atoms with Gasteiger partial charge in [0.05, 0.1) is 0 Å². The summed E-state index contributed by atoms with van der Waals surface area (Å²) in [6.07, 6.45) is 1.08. The molecular weight excluding hydrogens is 278 g/mol. The van der Waals surface area contributed by atoms with Crippen LogP contribution in [0.15, 0.2) is 0 Å². The molecule has 0 heterocycles. The SMILES string of the molecule is COC(CO[Si]CCCNCCNCCN)(OC)OC. The number of ether oxygens (including phenoxy) is 3. The minimum Gasteiger partial charge on any atom is -0.409 e. The van der Waals surface area contributed by atoms with E-state index in [0.29, 0.717) is 16.3 Å². The van der Waals surface area contributed by atoms with Crippen LogP contribution in [0.25, 0.3) is 0 Å². The number of nitrogens with one attached hydrogen (secondary N) is 2. The average molecular weight is 307 g/mol. The maximum atomic E-state index is 5.53. The number of hydrogen-bond acceptors (Lipinski definition) is 7. The van der Waals surface area contributed by atoms with Crippen molar-refractivity contribution in [3.63, 3.8) is 0 Å². The molecule has 0 aliphatic carbocycles. The number of rotatable bonds is 15. The molecule has 0 unspecified atom stereocenters. The molecular formula is C12H29N3O4Si. The molecule has 2 radical (unpaired) electrons. The van der Waals surface area contributed by atoms with Crippen LogP contribution in [0.3, 0.4) is 0 Å². The molecule has 0 saturated heterocycles. The van der Waals surface area contributed by atoms with Crippen molar-refractivity contribution < 1.29 is 18.6 Å². The zero-order valence-corrected chi connectivity index (χ0v) is 13.9. The molecule has 0 aliphatic rings. The predicted molar refractivity (Wildman–Crippen MR) is 79.7 cm³/mol. The molecule has 20 heavy (non-hydrogen) atoms. The highest BCUT2D eigenvalue weighted by molar-refractivity contribution is 6.27. The first kappa shape index (κ1) is 19.9. The summed E-state index contributed by atoms with van der Waals surface area (Å²) in [4.78, 5) is 0. The minimum atomic E-state index is -1.08. The fourth-order valence-electron chi connectivity index (χ4n) is 1.45. The summed E-state index contributed by atoms with van der Waals surface area (Å²) in [5, 5.41) is 6.59. The van der Waals surface area contributed by atoms with Crippen molar-refractivity contribution in [3.05, 3.63) is 0 Å². The normalized spacial score (nSPS) is 12.0. The molecule has 0 aromatic carbocycles. The summed E-state index contributed by atoms with van der Waals surface area (Å²) in [5.74, 6) is -1.08. The largest absolute Gasteiger partial charge is 0.409 e. The van der Waals surface area contributed by atoms with Crippen molar-refractivity contribution >= 4 is 9.76 Å². The number of methoxy groups -OCH3 is 3. The van der Waals surface area contributed by atoms with E-state index in [1.54, 1.807) is 0 Å². The van der Waals surface area contributed by atoms with Crippen molar-refractivity contribution in [2.75, 3.05) is 60.7 Å². The summed E-state index contributed by atoms with van der Waals surface area (Å²) in [7, 11) is 5.00. The molecule has 0 atom stereocenters. The van der Waals surface area contributed by atoms with Gasteiger partial charge in [-0.25, -0.2) is 0 Å². The Morgan fingerprint density at radius 1 is 0.950 bits per heavy atom. The van der Waals surface area contributed by atoms with Gasteiger partial charge in [-0.2, -0.15) is 0 Å². The van der Waals surface area contributed by atoms with Gasteiger partial charge in [0.25, 0.3) is 0 Å². The lowest BCUT2D eigenvalue weighted by atomic mass is 10.4. The Balaban J connectivity index is 3.32. The van der Waals surface area contributed by atoms with Crippen LogP contribution in [-0.4, -0.2) is 76.4 Å². The summed E-state index contributed by atoms with van der Waals surface area (Å²) < 4.78 is 20.9. The van der Waals surface area contributed by atoms with Crippen LogP contribution >= 0.6 is 0 Å². The smallest absolute Gasteiger partial charge is 0.305 e. The molecule has 8 heteroatoms. The fourth-order valence-corrected chi connectivity index (χ4v) is 2.20. The second-order valence-electron chi connectivity index (χ2n) is 4.12. The Hall–Kier alpha value is -0.0631. The van der Waals surface area contributed by atoms with Crippen LogP contribution in [-0.2, 0) is 18.6 Å². The second-order valence-corrected chi connectivity index (χ2v) is 5.20. The van der Waals surface area contributed by atoms with Gasteiger partial charge in [0.1, 0.15) is 6.61 Å². The lowest BCUT2D eigenvalue weighted by Gasteiger charge is -2.28. The van der Waals surface area contributed by atoms with Crippen molar-refractivity contribution in [1.82, 2.24) is 10.6 Å². The highest BCUT2D eigenvalue weighted by atomic mass is 28.2. The average Bonchev–Trinajstić information content (AvgIpc) is 2.49. The molecule has 0 aromatic rings. The first-order chi connectivity index (χ1) is 9.74. The Morgan fingerprint density at radius 3 is 2.10 bits per heavy atom. The Labute approximate surface area is 124 Å². The molecule has 0 amide bonds. The Morgan fingerprint density at radius 2 is 1.55 bits per heavy atom. The quantitative estimate of drug-likeness (QED) is 0.207. The predicted octanol–water partition coefficient (Wildman–Crippen LogP) is -0.838. The molecule has 4 N–H and O–H groups in total. The van der Waals surface area contributed by atoms with Crippen molar-refractivity contribution in [1.29, 1.82) is 0 Å². The molecule has 120 valence electrons. The molecule has 0 aromatic heterocycles.